The van der Waals surface area contributed by atoms with E-state index in [2.05, 4.69) is 34.3 Å². The van der Waals surface area contributed by atoms with Gasteiger partial charge in [0.05, 0.1) is 11.6 Å². The number of aromatic nitrogens is 2. The van der Waals surface area contributed by atoms with Crippen LogP contribution in [0.3, 0.4) is 0 Å². The molecular formula is C24H27N5O. The number of phenolic OH excluding ortho intramolecular Hbond substituents is 1. The van der Waals surface area contributed by atoms with Crippen molar-refractivity contribution in [3.63, 3.8) is 0 Å². The lowest BCUT2D eigenvalue weighted by Crippen LogP contribution is -2.43. The first kappa shape index (κ1) is 20.1. The van der Waals surface area contributed by atoms with Crippen molar-refractivity contribution < 1.29 is 5.11 Å². The molecule has 0 amide bonds. The number of nitriles is 1. The fraction of sp³-hybridized carbons (Fsp3) is 0.375. The molecule has 1 aromatic heterocycles. The van der Waals surface area contributed by atoms with Crippen molar-refractivity contribution in [3.05, 3.63) is 48.0 Å². The Morgan fingerprint density at radius 3 is 2.73 bits per heavy atom. The van der Waals surface area contributed by atoms with E-state index in [1.807, 2.05) is 30.3 Å². The van der Waals surface area contributed by atoms with Crippen molar-refractivity contribution >= 4 is 16.6 Å². The van der Waals surface area contributed by atoms with Gasteiger partial charge in [-0.2, -0.15) is 5.26 Å². The summed E-state index contributed by atoms with van der Waals surface area (Å²) in [6, 6.07) is 15.2. The van der Waals surface area contributed by atoms with Crippen molar-refractivity contribution in [2.45, 2.75) is 32.7 Å². The van der Waals surface area contributed by atoms with Gasteiger partial charge in [0.15, 0.2) is 5.82 Å². The number of hydrogen-bond donors (Lipinski definition) is 2. The van der Waals surface area contributed by atoms with Crippen LogP contribution in [-0.2, 0) is 0 Å². The first-order valence-corrected chi connectivity index (χ1v) is 10.5. The summed E-state index contributed by atoms with van der Waals surface area (Å²) in [5.41, 5.74) is 1.60. The van der Waals surface area contributed by atoms with Gasteiger partial charge in [-0.25, -0.2) is 0 Å². The van der Waals surface area contributed by atoms with Crippen LogP contribution >= 0.6 is 0 Å². The highest BCUT2D eigenvalue weighted by Crippen LogP contribution is 2.35. The smallest absolute Gasteiger partial charge is 0.156 e. The van der Waals surface area contributed by atoms with Crippen LogP contribution in [-0.4, -0.2) is 45.9 Å². The molecule has 1 aliphatic rings. The summed E-state index contributed by atoms with van der Waals surface area (Å²) in [5, 5.41) is 33.9. The molecule has 0 saturated carbocycles. The maximum atomic E-state index is 10.4. The van der Waals surface area contributed by atoms with Gasteiger partial charge in [0, 0.05) is 35.5 Å². The summed E-state index contributed by atoms with van der Waals surface area (Å²) in [5.74, 6) is 1.47. The molecule has 1 atom stereocenters. The second-order valence-electron chi connectivity index (χ2n) is 8.42. The predicted octanol–water partition coefficient (Wildman–Crippen LogP) is 4.41. The lowest BCUT2D eigenvalue weighted by Gasteiger charge is -2.34. The van der Waals surface area contributed by atoms with Gasteiger partial charge in [-0.3, -0.25) is 0 Å². The SMILES string of the molecule is CC(C)CN1CCCC(Nc2nnc(-c3ccc(C#N)cc3O)c3ccccc23)C1. The Hall–Kier alpha value is -3.17. The maximum Gasteiger partial charge on any atom is 0.156 e. The summed E-state index contributed by atoms with van der Waals surface area (Å²) >= 11 is 0. The molecule has 0 radical (unpaired) electrons. The number of rotatable bonds is 5. The van der Waals surface area contributed by atoms with E-state index in [4.69, 9.17) is 5.26 Å². The van der Waals surface area contributed by atoms with Crippen molar-refractivity contribution in [3.8, 4) is 23.1 Å². The van der Waals surface area contributed by atoms with Gasteiger partial charge in [-0.15, -0.1) is 10.2 Å². The number of aromatic hydroxyl groups is 1. The zero-order chi connectivity index (χ0) is 21.1. The Bertz CT molecular complexity index is 1090. The molecule has 1 fully saturated rings. The second-order valence-corrected chi connectivity index (χ2v) is 8.42. The molecule has 4 rings (SSSR count). The van der Waals surface area contributed by atoms with Crippen LogP contribution in [0.1, 0.15) is 32.3 Å². The third kappa shape index (κ3) is 4.22. The molecule has 0 aliphatic carbocycles. The first-order valence-electron chi connectivity index (χ1n) is 10.5. The van der Waals surface area contributed by atoms with Gasteiger partial charge in [-0.05, 0) is 43.5 Å². The van der Waals surface area contributed by atoms with Crippen molar-refractivity contribution in [1.82, 2.24) is 15.1 Å². The Balaban J connectivity index is 1.66. The zero-order valence-corrected chi connectivity index (χ0v) is 17.5. The van der Waals surface area contributed by atoms with Gasteiger partial charge < -0.3 is 15.3 Å². The third-order valence-corrected chi connectivity index (χ3v) is 5.54. The van der Waals surface area contributed by atoms with Crippen LogP contribution in [0.2, 0.25) is 0 Å². The number of anilines is 1. The Morgan fingerprint density at radius 2 is 2.00 bits per heavy atom. The van der Waals surface area contributed by atoms with Gasteiger partial charge in [0.25, 0.3) is 0 Å². The van der Waals surface area contributed by atoms with Crippen LogP contribution in [0.5, 0.6) is 5.75 Å². The highest BCUT2D eigenvalue weighted by molar-refractivity contribution is 6.00. The van der Waals surface area contributed by atoms with E-state index in [1.54, 1.807) is 12.1 Å². The maximum absolute atomic E-state index is 10.4. The third-order valence-electron chi connectivity index (χ3n) is 5.54. The number of benzene rings is 2. The number of nitrogens with zero attached hydrogens (tertiary/aromatic N) is 4. The van der Waals surface area contributed by atoms with E-state index < -0.39 is 0 Å². The van der Waals surface area contributed by atoms with Crippen LogP contribution in [0.15, 0.2) is 42.5 Å². The first-order chi connectivity index (χ1) is 14.5. The molecule has 1 aliphatic heterocycles. The van der Waals surface area contributed by atoms with E-state index in [1.165, 1.54) is 12.5 Å². The number of hydrogen-bond acceptors (Lipinski definition) is 6. The summed E-state index contributed by atoms with van der Waals surface area (Å²) in [6.07, 6.45) is 2.29. The second kappa shape index (κ2) is 8.68. The average molecular weight is 402 g/mol. The van der Waals surface area contributed by atoms with Gasteiger partial charge >= 0.3 is 0 Å². The molecule has 0 spiro atoms. The number of piperidine rings is 1. The zero-order valence-electron chi connectivity index (χ0n) is 17.5. The standard InChI is InChI=1S/C24H27N5O/c1-16(2)14-29-11-5-6-18(15-29)26-24-20-8-4-3-7-19(20)23(27-28-24)21-10-9-17(13-25)12-22(21)30/h3-4,7-10,12,16,18,30H,5-6,11,14-15H2,1-2H3,(H,26,28). The van der Waals surface area contributed by atoms with Crippen LogP contribution in [0, 0.1) is 17.2 Å². The van der Waals surface area contributed by atoms with Crippen molar-refractivity contribution in [1.29, 1.82) is 5.26 Å². The van der Waals surface area contributed by atoms with Gasteiger partial charge in [0.2, 0.25) is 0 Å². The van der Waals surface area contributed by atoms with E-state index in [-0.39, 0.29) is 5.75 Å². The van der Waals surface area contributed by atoms with E-state index >= 15 is 0 Å². The molecule has 1 unspecified atom stereocenters. The topological polar surface area (TPSA) is 85.1 Å². The van der Waals surface area contributed by atoms with Crippen molar-refractivity contribution in [2.75, 3.05) is 25.0 Å². The Labute approximate surface area is 177 Å². The van der Waals surface area contributed by atoms with E-state index in [0.29, 0.717) is 28.8 Å². The highest BCUT2D eigenvalue weighted by atomic mass is 16.3. The number of nitrogens with one attached hydrogen (secondary N) is 1. The summed E-state index contributed by atoms with van der Waals surface area (Å²) in [7, 11) is 0. The molecule has 6 heteroatoms. The number of fused-ring (bicyclic) bond motifs is 1. The van der Waals surface area contributed by atoms with Gasteiger partial charge in [-0.1, -0.05) is 38.1 Å². The minimum absolute atomic E-state index is 0.0332. The minimum atomic E-state index is 0.0332. The summed E-state index contributed by atoms with van der Waals surface area (Å²) in [6.45, 7) is 7.79. The lowest BCUT2D eigenvalue weighted by atomic mass is 10.0. The molecule has 1 saturated heterocycles. The van der Waals surface area contributed by atoms with Crippen LogP contribution in [0.25, 0.3) is 22.0 Å². The quantitative estimate of drug-likeness (QED) is 0.659. The Morgan fingerprint density at radius 1 is 1.20 bits per heavy atom. The molecule has 6 nitrogen and oxygen atoms in total. The molecule has 3 aromatic rings. The minimum Gasteiger partial charge on any atom is -0.507 e. The van der Waals surface area contributed by atoms with Gasteiger partial charge in [0.1, 0.15) is 11.4 Å². The molecule has 2 aromatic carbocycles. The highest BCUT2D eigenvalue weighted by Gasteiger charge is 2.22. The molecule has 0 bridgehead atoms. The average Bonchev–Trinajstić information content (AvgIpc) is 2.74. The number of phenols is 1. The summed E-state index contributed by atoms with van der Waals surface area (Å²) in [4.78, 5) is 2.52. The van der Waals surface area contributed by atoms with E-state index in [9.17, 15) is 5.11 Å². The fourth-order valence-electron chi connectivity index (χ4n) is 4.26. The van der Waals surface area contributed by atoms with E-state index in [0.717, 1.165) is 42.6 Å². The van der Waals surface area contributed by atoms with Crippen LogP contribution < -0.4 is 5.32 Å². The predicted molar refractivity (Wildman–Crippen MR) is 119 cm³/mol. The monoisotopic (exact) mass is 401 g/mol. The molecular weight excluding hydrogens is 374 g/mol. The lowest BCUT2D eigenvalue weighted by molar-refractivity contribution is 0.195. The molecule has 30 heavy (non-hydrogen) atoms. The fourth-order valence-corrected chi connectivity index (χ4v) is 4.26. The normalized spacial score (nSPS) is 17.2. The molecule has 2 N–H and O–H groups in total. The largest absolute Gasteiger partial charge is 0.507 e. The molecule has 154 valence electrons. The number of likely N-dealkylation sites (tertiary alicyclic amines) is 1. The van der Waals surface area contributed by atoms with Crippen molar-refractivity contribution in [2.24, 2.45) is 5.92 Å². The van der Waals surface area contributed by atoms with Crippen LogP contribution in [0.4, 0.5) is 5.82 Å². The summed E-state index contributed by atoms with van der Waals surface area (Å²) < 4.78 is 0. The Kier molecular flexibility index (Phi) is 5.82. The molecule has 2 heterocycles.